The summed E-state index contributed by atoms with van der Waals surface area (Å²) >= 11 is 0. The zero-order valence-electron chi connectivity index (χ0n) is 18.3. The Balaban J connectivity index is 1.59. The van der Waals surface area contributed by atoms with Gasteiger partial charge >= 0.3 is 5.69 Å². The Hall–Kier alpha value is -2.05. The molecule has 0 atom stereocenters. The van der Waals surface area contributed by atoms with Gasteiger partial charge in [-0.15, -0.1) is 0 Å². The fraction of sp³-hybridized carbons (Fsp3) is 0.773. The zero-order valence-corrected chi connectivity index (χ0v) is 18.3. The lowest BCUT2D eigenvalue weighted by atomic mass is 10.0. The maximum absolute atomic E-state index is 12.1. The Kier molecular flexibility index (Phi) is 10.0. The second-order valence-electron chi connectivity index (χ2n) is 8.21. The highest BCUT2D eigenvalue weighted by atomic mass is 16.2. The van der Waals surface area contributed by atoms with Crippen LogP contribution in [0.3, 0.4) is 0 Å². The summed E-state index contributed by atoms with van der Waals surface area (Å²) in [6.45, 7) is 2.92. The van der Waals surface area contributed by atoms with Crippen LogP contribution < -0.4 is 17.0 Å². The van der Waals surface area contributed by atoms with E-state index < -0.39 is 11.2 Å². The van der Waals surface area contributed by atoms with Crippen molar-refractivity contribution in [2.75, 3.05) is 5.73 Å². The van der Waals surface area contributed by atoms with E-state index >= 15 is 0 Å². The van der Waals surface area contributed by atoms with Gasteiger partial charge in [-0.25, -0.2) is 4.79 Å². The molecule has 0 amide bonds. The van der Waals surface area contributed by atoms with Crippen LogP contribution in [-0.4, -0.2) is 19.1 Å². The van der Waals surface area contributed by atoms with Crippen molar-refractivity contribution < 1.29 is 0 Å². The standard InChI is InChI=1S/C22H39N5O2/c1-3-4-5-6-7-8-9-10-11-12-13-14-15-16-17-27-18-19(24-21(27)23)26(2)22(29)25-20(18)28/h3-17H2,1-2H3,(H2,23,24)(H,25,28,29). The molecule has 0 aliphatic heterocycles. The van der Waals surface area contributed by atoms with Crippen molar-refractivity contribution >= 4 is 17.1 Å². The molecule has 0 saturated heterocycles. The normalized spacial score (nSPS) is 11.5. The Morgan fingerprint density at radius 1 is 0.828 bits per heavy atom. The van der Waals surface area contributed by atoms with Crippen LogP contribution >= 0.6 is 0 Å². The first-order valence-corrected chi connectivity index (χ1v) is 11.5. The Morgan fingerprint density at radius 2 is 1.31 bits per heavy atom. The van der Waals surface area contributed by atoms with Gasteiger partial charge in [-0.3, -0.25) is 14.3 Å². The average Bonchev–Trinajstić information content (AvgIpc) is 3.03. The van der Waals surface area contributed by atoms with Gasteiger partial charge in [-0.2, -0.15) is 4.98 Å². The Morgan fingerprint density at radius 3 is 1.83 bits per heavy atom. The molecule has 0 unspecified atom stereocenters. The summed E-state index contributed by atoms with van der Waals surface area (Å²) in [4.78, 5) is 30.4. The number of fused-ring (bicyclic) bond motifs is 1. The predicted molar refractivity (Wildman–Crippen MR) is 120 cm³/mol. The molecule has 0 bridgehead atoms. The molecular weight excluding hydrogens is 366 g/mol. The molecule has 164 valence electrons. The van der Waals surface area contributed by atoms with E-state index in [9.17, 15) is 9.59 Å². The molecule has 2 aromatic heterocycles. The van der Waals surface area contributed by atoms with E-state index in [0.717, 1.165) is 12.8 Å². The Bertz CT molecular complexity index is 849. The van der Waals surface area contributed by atoms with Crippen molar-refractivity contribution in [1.82, 2.24) is 19.1 Å². The monoisotopic (exact) mass is 405 g/mol. The summed E-state index contributed by atoms with van der Waals surface area (Å²) in [6.07, 6.45) is 18.3. The first kappa shape index (κ1) is 23.2. The van der Waals surface area contributed by atoms with Crippen LogP contribution in [0.2, 0.25) is 0 Å². The molecule has 0 spiro atoms. The van der Waals surface area contributed by atoms with Crippen LogP contribution in [-0.2, 0) is 13.6 Å². The van der Waals surface area contributed by atoms with Crippen LogP contribution in [0.1, 0.15) is 96.8 Å². The van der Waals surface area contributed by atoms with E-state index in [4.69, 9.17) is 5.73 Å². The van der Waals surface area contributed by atoms with Crippen molar-refractivity contribution in [2.45, 2.75) is 103 Å². The third-order valence-corrected chi connectivity index (χ3v) is 5.77. The second-order valence-corrected chi connectivity index (χ2v) is 8.21. The highest BCUT2D eigenvalue weighted by Crippen LogP contribution is 2.16. The van der Waals surface area contributed by atoms with Crippen LogP contribution in [0.5, 0.6) is 0 Å². The number of nitrogens with one attached hydrogen (secondary N) is 1. The first-order chi connectivity index (χ1) is 14.1. The highest BCUT2D eigenvalue weighted by Gasteiger charge is 2.14. The number of rotatable bonds is 15. The van der Waals surface area contributed by atoms with Gasteiger partial charge in [0.2, 0.25) is 5.95 Å². The van der Waals surface area contributed by atoms with Gasteiger partial charge in [0.25, 0.3) is 5.56 Å². The number of aromatic nitrogens is 4. The van der Waals surface area contributed by atoms with Gasteiger partial charge in [0.1, 0.15) is 0 Å². The molecule has 0 saturated carbocycles. The van der Waals surface area contributed by atoms with Gasteiger partial charge in [0, 0.05) is 13.6 Å². The van der Waals surface area contributed by atoms with Gasteiger partial charge in [0.15, 0.2) is 11.2 Å². The number of nitrogen functional groups attached to an aromatic ring is 1. The van der Waals surface area contributed by atoms with Crippen molar-refractivity contribution in [2.24, 2.45) is 7.05 Å². The van der Waals surface area contributed by atoms with Crippen LogP contribution in [0.15, 0.2) is 9.59 Å². The van der Waals surface area contributed by atoms with E-state index in [1.54, 1.807) is 11.6 Å². The number of anilines is 1. The molecule has 3 N–H and O–H groups in total. The van der Waals surface area contributed by atoms with E-state index in [0.29, 0.717) is 23.7 Å². The lowest BCUT2D eigenvalue weighted by Gasteiger charge is -2.06. The van der Waals surface area contributed by atoms with Crippen molar-refractivity contribution in [3.8, 4) is 0 Å². The third kappa shape index (κ3) is 7.05. The minimum atomic E-state index is -0.469. The zero-order chi connectivity index (χ0) is 21.1. The number of imidazole rings is 1. The van der Waals surface area contributed by atoms with Crippen LogP contribution in [0.25, 0.3) is 11.2 Å². The highest BCUT2D eigenvalue weighted by molar-refractivity contribution is 5.73. The summed E-state index contributed by atoms with van der Waals surface area (Å²) in [6, 6.07) is 0. The van der Waals surface area contributed by atoms with E-state index in [1.165, 1.54) is 81.6 Å². The minimum Gasteiger partial charge on any atom is -0.369 e. The topological polar surface area (TPSA) is 98.7 Å². The summed E-state index contributed by atoms with van der Waals surface area (Å²) in [5.41, 5.74) is 5.83. The van der Waals surface area contributed by atoms with Crippen LogP contribution in [0.4, 0.5) is 5.95 Å². The molecule has 2 aromatic rings. The minimum absolute atomic E-state index is 0.293. The summed E-state index contributed by atoms with van der Waals surface area (Å²) in [7, 11) is 1.59. The molecular formula is C22H39N5O2. The molecule has 29 heavy (non-hydrogen) atoms. The van der Waals surface area contributed by atoms with Gasteiger partial charge < -0.3 is 10.3 Å². The molecule has 0 aliphatic carbocycles. The predicted octanol–water partition coefficient (Wildman–Crippen LogP) is 4.49. The van der Waals surface area contributed by atoms with Gasteiger partial charge in [-0.1, -0.05) is 90.4 Å². The smallest absolute Gasteiger partial charge is 0.329 e. The number of nitrogens with zero attached hydrogens (tertiary/aromatic N) is 3. The largest absolute Gasteiger partial charge is 0.369 e. The molecule has 0 aliphatic rings. The number of H-pyrrole nitrogens is 1. The quantitative estimate of drug-likeness (QED) is 0.427. The average molecular weight is 406 g/mol. The second kappa shape index (κ2) is 12.5. The molecule has 0 fully saturated rings. The summed E-state index contributed by atoms with van der Waals surface area (Å²) in [5, 5.41) is 0. The van der Waals surface area contributed by atoms with E-state index in [1.807, 2.05) is 0 Å². The summed E-state index contributed by atoms with van der Waals surface area (Å²) in [5.74, 6) is 0.293. The number of aromatic amines is 1. The SMILES string of the molecule is CCCCCCCCCCCCCCCCn1c(N)nc2c1c(=O)[nH]c(=O)n2C. The van der Waals surface area contributed by atoms with Crippen LogP contribution in [0, 0.1) is 0 Å². The van der Waals surface area contributed by atoms with E-state index in [-0.39, 0.29) is 0 Å². The number of hydrogen-bond acceptors (Lipinski definition) is 4. The van der Waals surface area contributed by atoms with Crippen molar-refractivity contribution in [1.29, 1.82) is 0 Å². The molecule has 2 rings (SSSR count). The lowest BCUT2D eigenvalue weighted by molar-refractivity contribution is 0.526. The maximum Gasteiger partial charge on any atom is 0.329 e. The fourth-order valence-electron chi connectivity index (χ4n) is 3.94. The molecule has 7 heteroatoms. The number of aryl methyl sites for hydroxylation is 2. The summed E-state index contributed by atoms with van der Waals surface area (Å²) < 4.78 is 3.06. The van der Waals surface area contributed by atoms with Gasteiger partial charge in [0.05, 0.1) is 0 Å². The van der Waals surface area contributed by atoms with Gasteiger partial charge in [-0.05, 0) is 6.42 Å². The number of hydrogen-bond donors (Lipinski definition) is 2. The molecule has 0 radical (unpaired) electrons. The molecule has 0 aromatic carbocycles. The van der Waals surface area contributed by atoms with Crippen molar-refractivity contribution in [3.63, 3.8) is 0 Å². The third-order valence-electron chi connectivity index (χ3n) is 5.77. The fourth-order valence-corrected chi connectivity index (χ4v) is 3.94. The maximum atomic E-state index is 12.1. The molecule has 7 nitrogen and oxygen atoms in total. The van der Waals surface area contributed by atoms with Crippen molar-refractivity contribution in [3.05, 3.63) is 20.8 Å². The Labute approximate surface area is 173 Å². The van der Waals surface area contributed by atoms with E-state index in [2.05, 4.69) is 16.9 Å². The number of unbranched alkanes of at least 4 members (excludes halogenated alkanes) is 13. The first-order valence-electron chi connectivity index (χ1n) is 11.5. The lowest BCUT2D eigenvalue weighted by Crippen LogP contribution is -2.29. The number of nitrogens with two attached hydrogens (primary N) is 1. The molecule has 2 heterocycles.